The van der Waals surface area contributed by atoms with Crippen molar-refractivity contribution in [1.82, 2.24) is 14.9 Å². The number of nitrogen functional groups attached to an aromatic ring is 1. The minimum atomic E-state index is -0.204. The van der Waals surface area contributed by atoms with Gasteiger partial charge in [-0.15, -0.1) is 0 Å². The van der Waals surface area contributed by atoms with E-state index < -0.39 is 0 Å². The van der Waals surface area contributed by atoms with Crippen molar-refractivity contribution in [2.24, 2.45) is 0 Å². The molecule has 2 aromatic heterocycles. The second-order valence-electron chi connectivity index (χ2n) is 3.90. The predicted molar refractivity (Wildman–Crippen MR) is 65.8 cm³/mol. The summed E-state index contributed by atoms with van der Waals surface area (Å²) in [6.07, 6.45) is 5.49. The Morgan fingerprint density at radius 3 is 2.78 bits per heavy atom. The van der Waals surface area contributed by atoms with Crippen LogP contribution in [0, 0.1) is 0 Å². The van der Waals surface area contributed by atoms with Gasteiger partial charge in [0.05, 0.1) is 0 Å². The fraction of sp³-hybridized carbons (Fsp3) is 0.250. The molecule has 0 saturated heterocycles. The van der Waals surface area contributed by atoms with E-state index in [0.717, 1.165) is 12.0 Å². The van der Waals surface area contributed by atoms with Gasteiger partial charge in [0.1, 0.15) is 6.26 Å². The lowest BCUT2D eigenvalue weighted by Crippen LogP contribution is -2.29. The maximum atomic E-state index is 11.9. The third-order valence-corrected chi connectivity index (χ3v) is 2.57. The molecule has 0 saturated carbocycles. The number of rotatable bonds is 4. The molecule has 0 aliphatic heterocycles. The third kappa shape index (κ3) is 2.85. The van der Waals surface area contributed by atoms with Gasteiger partial charge in [-0.1, -0.05) is 0 Å². The summed E-state index contributed by atoms with van der Waals surface area (Å²) in [7, 11) is 1.72. The number of pyridine rings is 1. The molecule has 2 aromatic rings. The zero-order valence-electron chi connectivity index (χ0n) is 10.0. The summed E-state index contributed by atoms with van der Waals surface area (Å²) in [6, 6.07) is 3.85. The van der Waals surface area contributed by atoms with Crippen molar-refractivity contribution in [3.63, 3.8) is 0 Å². The van der Waals surface area contributed by atoms with Crippen molar-refractivity contribution in [3.05, 3.63) is 42.0 Å². The van der Waals surface area contributed by atoms with Gasteiger partial charge in [-0.05, 0) is 24.1 Å². The van der Waals surface area contributed by atoms with Crippen LogP contribution in [0.1, 0.15) is 16.1 Å². The molecule has 0 spiro atoms. The first-order valence-corrected chi connectivity index (χ1v) is 5.52. The molecule has 0 unspecified atom stereocenters. The van der Waals surface area contributed by atoms with Gasteiger partial charge in [-0.3, -0.25) is 9.78 Å². The lowest BCUT2D eigenvalue weighted by Gasteiger charge is -2.15. The Morgan fingerprint density at radius 1 is 1.44 bits per heavy atom. The van der Waals surface area contributed by atoms with Crippen molar-refractivity contribution in [3.8, 4) is 0 Å². The third-order valence-electron chi connectivity index (χ3n) is 2.57. The van der Waals surface area contributed by atoms with E-state index >= 15 is 0 Å². The van der Waals surface area contributed by atoms with Gasteiger partial charge in [0, 0.05) is 26.0 Å². The molecule has 0 aliphatic carbocycles. The van der Waals surface area contributed by atoms with Gasteiger partial charge < -0.3 is 15.1 Å². The average Bonchev–Trinajstić information content (AvgIpc) is 2.83. The first-order chi connectivity index (χ1) is 8.66. The molecular weight excluding hydrogens is 232 g/mol. The lowest BCUT2D eigenvalue weighted by atomic mass is 10.2. The number of oxazole rings is 1. The van der Waals surface area contributed by atoms with Crippen LogP contribution in [0.25, 0.3) is 0 Å². The van der Waals surface area contributed by atoms with Crippen LogP contribution in [0.2, 0.25) is 0 Å². The molecular formula is C12H14N4O2. The van der Waals surface area contributed by atoms with E-state index in [1.54, 1.807) is 24.3 Å². The molecule has 0 fully saturated rings. The Labute approximate surface area is 104 Å². The van der Waals surface area contributed by atoms with Crippen LogP contribution in [0.5, 0.6) is 0 Å². The van der Waals surface area contributed by atoms with Crippen molar-refractivity contribution in [2.45, 2.75) is 6.42 Å². The van der Waals surface area contributed by atoms with Crippen LogP contribution in [0.15, 0.2) is 35.2 Å². The fourth-order valence-electron chi connectivity index (χ4n) is 1.53. The zero-order chi connectivity index (χ0) is 13.0. The van der Waals surface area contributed by atoms with Crippen molar-refractivity contribution in [1.29, 1.82) is 0 Å². The second kappa shape index (κ2) is 5.31. The molecule has 0 aliphatic rings. The number of nitrogens with zero attached hydrogens (tertiary/aromatic N) is 3. The van der Waals surface area contributed by atoms with E-state index in [0.29, 0.717) is 6.54 Å². The monoisotopic (exact) mass is 246 g/mol. The maximum absolute atomic E-state index is 11.9. The molecule has 0 aromatic carbocycles. The van der Waals surface area contributed by atoms with Crippen LogP contribution < -0.4 is 5.73 Å². The van der Waals surface area contributed by atoms with Gasteiger partial charge in [0.2, 0.25) is 0 Å². The Hall–Kier alpha value is -2.37. The highest BCUT2D eigenvalue weighted by molar-refractivity contribution is 5.92. The first kappa shape index (κ1) is 12.1. The molecule has 6 heteroatoms. The topological polar surface area (TPSA) is 85.2 Å². The predicted octanol–water partition coefficient (Wildman–Crippen LogP) is 0.966. The molecule has 18 heavy (non-hydrogen) atoms. The lowest BCUT2D eigenvalue weighted by molar-refractivity contribution is 0.0791. The Morgan fingerprint density at radius 2 is 2.17 bits per heavy atom. The highest BCUT2D eigenvalue weighted by Crippen LogP contribution is 2.07. The molecule has 2 heterocycles. The van der Waals surface area contributed by atoms with Crippen LogP contribution in [-0.2, 0) is 6.42 Å². The Balaban J connectivity index is 1.92. The number of hydrogen-bond acceptors (Lipinski definition) is 5. The molecule has 2 N–H and O–H groups in total. The number of likely N-dealkylation sites (N-methyl/N-ethyl adjacent to an activating group) is 1. The summed E-state index contributed by atoms with van der Waals surface area (Å²) >= 11 is 0. The number of hydrogen-bond donors (Lipinski definition) is 1. The largest absolute Gasteiger partial charge is 0.431 e. The average molecular weight is 246 g/mol. The number of nitrogens with two attached hydrogens (primary N) is 1. The second-order valence-corrected chi connectivity index (χ2v) is 3.90. The molecule has 6 nitrogen and oxygen atoms in total. The van der Waals surface area contributed by atoms with Gasteiger partial charge in [-0.25, -0.2) is 0 Å². The number of carbonyl (C=O) groups excluding carboxylic acids is 1. The van der Waals surface area contributed by atoms with E-state index in [4.69, 9.17) is 10.2 Å². The first-order valence-electron chi connectivity index (χ1n) is 5.52. The van der Waals surface area contributed by atoms with Gasteiger partial charge in [-0.2, -0.15) is 4.98 Å². The van der Waals surface area contributed by atoms with E-state index in [2.05, 4.69) is 9.97 Å². The Kier molecular flexibility index (Phi) is 3.57. The highest BCUT2D eigenvalue weighted by Gasteiger charge is 2.15. The number of anilines is 1. The normalized spacial score (nSPS) is 10.3. The summed E-state index contributed by atoms with van der Waals surface area (Å²) in [4.78, 5) is 21.2. The summed E-state index contributed by atoms with van der Waals surface area (Å²) in [5.74, 6) is -0.204. The van der Waals surface area contributed by atoms with Gasteiger partial charge in [0.15, 0.2) is 5.69 Å². The molecule has 2 rings (SSSR count). The molecule has 0 bridgehead atoms. The summed E-state index contributed by atoms with van der Waals surface area (Å²) in [5.41, 5.74) is 6.68. The minimum absolute atomic E-state index is 0.000818. The fourth-order valence-corrected chi connectivity index (χ4v) is 1.53. The molecule has 0 radical (unpaired) electrons. The number of carbonyl (C=O) groups is 1. The zero-order valence-corrected chi connectivity index (χ0v) is 10.0. The molecule has 0 atom stereocenters. The highest BCUT2D eigenvalue weighted by atomic mass is 16.4. The smallest absolute Gasteiger partial charge is 0.292 e. The Bertz CT molecular complexity index is 524. The molecule has 94 valence electrons. The summed E-state index contributed by atoms with van der Waals surface area (Å²) in [6.45, 7) is 0.593. The quantitative estimate of drug-likeness (QED) is 0.868. The van der Waals surface area contributed by atoms with E-state index in [-0.39, 0.29) is 17.6 Å². The van der Waals surface area contributed by atoms with E-state index in [1.165, 1.54) is 6.26 Å². The van der Waals surface area contributed by atoms with Crippen LogP contribution in [0.4, 0.5) is 6.01 Å². The van der Waals surface area contributed by atoms with Crippen LogP contribution >= 0.6 is 0 Å². The molecule has 1 amide bonds. The maximum Gasteiger partial charge on any atom is 0.292 e. The standard InChI is InChI=1S/C12H14N4O2/c1-16(7-4-9-2-5-14-6-3-9)11(17)10-8-18-12(13)15-10/h2-3,5-6,8H,4,7H2,1H3,(H2,13,15). The van der Waals surface area contributed by atoms with Crippen molar-refractivity contribution in [2.75, 3.05) is 19.3 Å². The van der Waals surface area contributed by atoms with E-state index in [1.807, 2.05) is 12.1 Å². The van der Waals surface area contributed by atoms with Gasteiger partial charge in [0.25, 0.3) is 11.9 Å². The van der Waals surface area contributed by atoms with Crippen molar-refractivity contribution >= 4 is 11.9 Å². The van der Waals surface area contributed by atoms with Crippen LogP contribution in [0.3, 0.4) is 0 Å². The number of amides is 1. The SMILES string of the molecule is CN(CCc1ccncc1)C(=O)c1coc(N)n1. The summed E-state index contributed by atoms with van der Waals surface area (Å²) in [5, 5.41) is 0. The number of aromatic nitrogens is 2. The van der Waals surface area contributed by atoms with Crippen molar-refractivity contribution < 1.29 is 9.21 Å². The van der Waals surface area contributed by atoms with Crippen LogP contribution in [-0.4, -0.2) is 34.4 Å². The minimum Gasteiger partial charge on any atom is -0.431 e. The summed E-state index contributed by atoms with van der Waals surface area (Å²) < 4.78 is 4.81. The van der Waals surface area contributed by atoms with E-state index in [9.17, 15) is 4.79 Å². The van der Waals surface area contributed by atoms with Gasteiger partial charge >= 0.3 is 0 Å².